The molecule has 1 aromatic heterocycles. The van der Waals surface area contributed by atoms with Crippen molar-refractivity contribution in [1.82, 2.24) is 9.55 Å². The number of hydrogen-bond acceptors (Lipinski definition) is 2. The maximum absolute atomic E-state index is 8.85. The molecule has 3 nitrogen and oxygen atoms in total. The molecule has 0 amide bonds. The van der Waals surface area contributed by atoms with Crippen molar-refractivity contribution in [1.29, 1.82) is 0 Å². The molecule has 1 N–H and O–H groups in total. The molecule has 0 bridgehead atoms. The molecule has 2 aromatic rings. The van der Waals surface area contributed by atoms with Gasteiger partial charge in [-0.2, -0.15) is 0 Å². The zero-order valence-corrected chi connectivity index (χ0v) is 10.2. The van der Waals surface area contributed by atoms with E-state index in [0.29, 0.717) is 6.04 Å². The third-order valence-corrected chi connectivity index (χ3v) is 3.47. The minimum atomic E-state index is 0.258. The second kappa shape index (κ2) is 4.15. The van der Waals surface area contributed by atoms with Crippen molar-refractivity contribution in [3.8, 4) is 0 Å². The van der Waals surface area contributed by atoms with Gasteiger partial charge in [0.05, 0.1) is 11.0 Å². The largest absolute Gasteiger partial charge is 0.396 e. The molecule has 1 aliphatic carbocycles. The van der Waals surface area contributed by atoms with Crippen molar-refractivity contribution in [3.05, 3.63) is 29.6 Å². The van der Waals surface area contributed by atoms with Crippen LogP contribution in [0.3, 0.4) is 0 Å². The van der Waals surface area contributed by atoms with Crippen molar-refractivity contribution in [2.45, 2.75) is 38.6 Å². The maximum atomic E-state index is 8.85. The summed E-state index contributed by atoms with van der Waals surface area (Å²) < 4.78 is 2.37. The molecule has 90 valence electrons. The molecule has 3 heteroatoms. The zero-order valence-electron chi connectivity index (χ0n) is 10.2. The fourth-order valence-corrected chi connectivity index (χ4v) is 2.50. The van der Waals surface area contributed by atoms with Gasteiger partial charge >= 0.3 is 0 Å². The van der Waals surface area contributed by atoms with E-state index < -0.39 is 0 Å². The summed E-state index contributed by atoms with van der Waals surface area (Å²) in [7, 11) is 0. The lowest BCUT2D eigenvalue weighted by molar-refractivity contribution is 0.288. The van der Waals surface area contributed by atoms with Crippen LogP contribution in [0.5, 0.6) is 0 Å². The first-order valence-corrected chi connectivity index (χ1v) is 6.38. The molecule has 0 spiro atoms. The predicted molar refractivity (Wildman–Crippen MR) is 68.1 cm³/mol. The minimum absolute atomic E-state index is 0.258. The number of hydrogen-bond donors (Lipinski definition) is 1. The molecule has 0 unspecified atom stereocenters. The smallest absolute Gasteiger partial charge is 0.106 e. The number of nitrogens with zero attached hydrogens (tertiary/aromatic N) is 2. The number of rotatable bonds is 4. The predicted octanol–water partition coefficient (Wildman–Crippen LogP) is 2.60. The topological polar surface area (TPSA) is 38.1 Å². The first kappa shape index (κ1) is 10.8. The van der Waals surface area contributed by atoms with Gasteiger partial charge in [-0.3, -0.25) is 0 Å². The number of imidazole rings is 1. The van der Waals surface area contributed by atoms with Crippen LogP contribution in [0.2, 0.25) is 0 Å². The number of aliphatic hydroxyl groups is 1. The van der Waals surface area contributed by atoms with Crippen LogP contribution >= 0.6 is 0 Å². The van der Waals surface area contributed by atoms with Crippen molar-refractivity contribution < 1.29 is 5.11 Å². The maximum Gasteiger partial charge on any atom is 0.106 e. The lowest BCUT2D eigenvalue weighted by Gasteiger charge is -2.04. The molecule has 1 saturated carbocycles. The Morgan fingerprint density at radius 1 is 1.41 bits per heavy atom. The van der Waals surface area contributed by atoms with Crippen LogP contribution in [-0.4, -0.2) is 21.3 Å². The van der Waals surface area contributed by atoms with Gasteiger partial charge in [0, 0.05) is 12.6 Å². The van der Waals surface area contributed by atoms with E-state index in [1.807, 2.05) is 0 Å². The Hall–Kier alpha value is -1.35. The Morgan fingerprint density at radius 2 is 2.24 bits per heavy atom. The van der Waals surface area contributed by atoms with E-state index in [4.69, 9.17) is 5.11 Å². The Morgan fingerprint density at radius 3 is 2.94 bits per heavy atom. The van der Waals surface area contributed by atoms with Crippen LogP contribution in [0.25, 0.3) is 11.0 Å². The molecule has 1 heterocycles. The molecule has 0 atom stereocenters. The van der Waals surface area contributed by atoms with E-state index in [9.17, 15) is 0 Å². The van der Waals surface area contributed by atoms with Gasteiger partial charge in [-0.05, 0) is 50.3 Å². The number of aryl methyl sites for hydroxylation is 2. The normalized spacial score (nSPS) is 15.6. The van der Waals surface area contributed by atoms with E-state index >= 15 is 0 Å². The summed E-state index contributed by atoms with van der Waals surface area (Å²) in [5.74, 6) is 1.13. The molecule has 1 fully saturated rings. The van der Waals surface area contributed by atoms with E-state index in [-0.39, 0.29) is 6.61 Å². The summed E-state index contributed by atoms with van der Waals surface area (Å²) in [6, 6.07) is 7.19. The van der Waals surface area contributed by atoms with Gasteiger partial charge in [0.25, 0.3) is 0 Å². The Kier molecular flexibility index (Phi) is 2.63. The number of benzene rings is 1. The van der Waals surface area contributed by atoms with E-state index in [1.165, 1.54) is 23.9 Å². The number of aliphatic hydroxyl groups excluding tert-OH is 1. The standard InChI is InChI=1S/C14H18N2O/c1-10-15-13-9-11(3-2-8-17)4-7-14(13)16(10)12-5-6-12/h4,7,9,12,17H,2-3,5-6,8H2,1H3. The van der Waals surface area contributed by atoms with Gasteiger partial charge in [-0.15, -0.1) is 0 Å². The molecular formula is C14H18N2O. The summed E-state index contributed by atoms with van der Waals surface area (Å²) >= 11 is 0. The molecule has 0 aliphatic heterocycles. The van der Waals surface area contributed by atoms with E-state index in [1.54, 1.807) is 0 Å². The molecular weight excluding hydrogens is 212 g/mol. The molecule has 17 heavy (non-hydrogen) atoms. The Labute approximate surface area is 101 Å². The van der Waals surface area contributed by atoms with Crippen LogP contribution in [0.1, 0.15) is 36.7 Å². The average Bonchev–Trinajstić information content (AvgIpc) is 3.09. The highest BCUT2D eigenvalue weighted by Gasteiger charge is 2.26. The van der Waals surface area contributed by atoms with E-state index in [2.05, 4.69) is 34.7 Å². The molecule has 3 rings (SSSR count). The van der Waals surface area contributed by atoms with Crippen LogP contribution in [-0.2, 0) is 6.42 Å². The second-order valence-corrected chi connectivity index (χ2v) is 4.91. The highest BCUT2D eigenvalue weighted by molar-refractivity contribution is 5.77. The first-order valence-electron chi connectivity index (χ1n) is 6.38. The third kappa shape index (κ3) is 1.95. The van der Waals surface area contributed by atoms with Crippen molar-refractivity contribution in [3.63, 3.8) is 0 Å². The summed E-state index contributed by atoms with van der Waals surface area (Å²) in [4.78, 5) is 4.64. The Bertz CT molecular complexity index is 540. The summed E-state index contributed by atoms with van der Waals surface area (Å²) in [6.45, 7) is 2.35. The quantitative estimate of drug-likeness (QED) is 0.876. The van der Waals surface area contributed by atoms with Crippen LogP contribution in [0.15, 0.2) is 18.2 Å². The van der Waals surface area contributed by atoms with Gasteiger partial charge in [-0.25, -0.2) is 4.98 Å². The summed E-state index contributed by atoms with van der Waals surface area (Å²) in [6.07, 6.45) is 4.34. The van der Waals surface area contributed by atoms with Crippen molar-refractivity contribution in [2.75, 3.05) is 6.61 Å². The number of aromatic nitrogens is 2. The van der Waals surface area contributed by atoms with Crippen LogP contribution in [0.4, 0.5) is 0 Å². The average molecular weight is 230 g/mol. The highest BCUT2D eigenvalue weighted by atomic mass is 16.2. The summed E-state index contributed by atoms with van der Waals surface area (Å²) in [5.41, 5.74) is 3.63. The molecule has 0 radical (unpaired) electrons. The van der Waals surface area contributed by atoms with Crippen LogP contribution < -0.4 is 0 Å². The zero-order chi connectivity index (χ0) is 11.8. The SMILES string of the molecule is Cc1nc2cc(CCCO)ccc2n1C1CC1. The molecule has 1 aliphatic rings. The van der Waals surface area contributed by atoms with Crippen molar-refractivity contribution >= 4 is 11.0 Å². The molecule has 1 aromatic carbocycles. The third-order valence-electron chi connectivity index (χ3n) is 3.47. The van der Waals surface area contributed by atoms with Gasteiger partial charge in [0.1, 0.15) is 5.82 Å². The fraction of sp³-hybridized carbons (Fsp3) is 0.500. The second-order valence-electron chi connectivity index (χ2n) is 4.91. The monoisotopic (exact) mass is 230 g/mol. The first-order chi connectivity index (χ1) is 8.29. The summed E-state index contributed by atoms with van der Waals surface area (Å²) in [5, 5.41) is 8.85. The Balaban J connectivity index is 2.00. The number of fused-ring (bicyclic) bond motifs is 1. The fourth-order valence-electron chi connectivity index (χ4n) is 2.50. The van der Waals surface area contributed by atoms with Gasteiger partial charge in [0.2, 0.25) is 0 Å². The van der Waals surface area contributed by atoms with Crippen LogP contribution in [0, 0.1) is 6.92 Å². The van der Waals surface area contributed by atoms with Gasteiger partial charge in [0.15, 0.2) is 0 Å². The minimum Gasteiger partial charge on any atom is -0.396 e. The molecule has 0 saturated heterocycles. The van der Waals surface area contributed by atoms with E-state index in [0.717, 1.165) is 24.2 Å². The lowest BCUT2D eigenvalue weighted by atomic mass is 10.1. The lowest BCUT2D eigenvalue weighted by Crippen LogP contribution is -1.96. The van der Waals surface area contributed by atoms with Gasteiger partial charge in [-0.1, -0.05) is 6.07 Å². The van der Waals surface area contributed by atoms with Crippen molar-refractivity contribution in [2.24, 2.45) is 0 Å². The van der Waals surface area contributed by atoms with Gasteiger partial charge < -0.3 is 9.67 Å². The highest BCUT2D eigenvalue weighted by Crippen LogP contribution is 2.38.